The molecule has 0 saturated heterocycles. The molecule has 1 N–H and O–H groups in total. The fraction of sp³-hybridized carbons (Fsp3) is 0.263. The number of imidazole rings is 1. The first-order valence-electron chi connectivity index (χ1n) is 8.33. The summed E-state index contributed by atoms with van der Waals surface area (Å²) in [5.41, 5.74) is 1.07. The Balaban J connectivity index is 1.88. The topological polar surface area (TPSA) is 64.1 Å². The van der Waals surface area contributed by atoms with Gasteiger partial charge in [0, 0.05) is 5.02 Å². The number of esters is 1. The van der Waals surface area contributed by atoms with Gasteiger partial charge in [-0.1, -0.05) is 11.6 Å². The van der Waals surface area contributed by atoms with Crippen LogP contribution in [0.15, 0.2) is 41.2 Å². The fourth-order valence-corrected chi connectivity index (χ4v) is 3.63. The highest BCUT2D eigenvalue weighted by molar-refractivity contribution is 6.31. The van der Waals surface area contributed by atoms with E-state index in [1.165, 1.54) is 6.07 Å². The van der Waals surface area contributed by atoms with Crippen LogP contribution in [0.3, 0.4) is 0 Å². The Morgan fingerprint density at radius 3 is 2.77 bits per heavy atom. The summed E-state index contributed by atoms with van der Waals surface area (Å²) in [5.74, 6) is -1.12. The van der Waals surface area contributed by atoms with Crippen LogP contribution in [0, 0.1) is 5.82 Å². The number of rotatable bonds is 4. The molecule has 0 radical (unpaired) electrons. The zero-order valence-corrected chi connectivity index (χ0v) is 14.8. The Labute approximate surface area is 153 Å². The number of halogens is 2. The van der Waals surface area contributed by atoms with Crippen molar-refractivity contribution in [1.29, 1.82) is 0 Å². The Morgan fingerprint density at radius 2 is 2.08 bits per heavy atom. The molecule has 3 aromatic rings. The number of carbonyl (C=O) groups is 1. The maximum Gasteiger partial charge on any atom is 0.338 e. The summed E-state index contributed by atoms with van der Waals surface area (Å²) >= 11 is 6.00. The van der Waals surface area contributed by atoms with Gasteiger partial charge in [0.2, 0.25) is 0 Å². The molecule has 0 spiro atoms. The third kappa shape index (κ3) is 2.61. The van der Waals surface area contributed by atoms with E-state index in [0.29, 0.717) is 34.5 Å². The van der Waals surface area contributed by atoms with Crippen LogP contribution in [0.4, 0.5) is 4.39 Å². The van der Waals surface area contributed by atoms with Gasteiger partial charge < -0.3 is 9.72 Å². The molecule has 7 heteroatoms. The van der Waals surface area contributed by atoms with Crippen LogP contribution in [-0.4, -0.2) is 22.1 Å². The molecule has 0 aliphatic heterocycles. The number of nitrogens with zero attached hydrogens (tertiary/aromatic N) is 1. The lowest BCUT2D eigenvalue weighted by Gasteiger charge is -2.19. The highest BCUT2D eigenvalue weighted by atomic mass is 35.5. The summed E-state index contributed by atoms with van der Waals surface area (Å²) in [4.78, 5) is 27.4. The second-order valence-electron chi connectivity index (χ2n) is 6.41. The Bertz CT molecular complexity index is 1080. The number of fused-ring (bicyclic) bond motifs is 1. The molecule has 2 aromatic carbocycles. The van der Waals surface area contributed by atoms with E-state index in [4.69, 9.17) is 16.3 Å². The van der Waals surface area contributed by atoms with Crippen LogP contribution >= 0.6 is 11.6 Å². The first kappa shape index (κ1) is 16.8. The molecular weight excluding hydrogens is 359 g/mol. The molecule has 0 unspecified atom stereocenters. The Kier molecular flexibility index (Phi) is 3.88. The zero-order valence-electron chi connectivity index (χ0n) is 14.0. The number of benzene rings is 2. The third-order valence-electron chi connectivity index (χ3n) is 4.74. The van der Waals surface area contributed by atoms with Crippen molar-refractivity contribution in [2.75, 3.05) is 6.61 Å². The van der Waals surface area contributed by atoms with Crippen LogP contribution < -0.4 is 5.69 Å². The van der Waals surface area contributed by atoms with Gasteiger partial charge in [0.1, 0.15) is 5.82 Å². The minimum Gasteiger partial charge on any atom is -0.462 e. The minimum atomic E-state index is -0.674. The van der Waals surface area contributed by atoms with Gasteiger partial charge in [0.15, 0.2) is 0 Å². The second-order valence-corrected chi connectivity index (χ2v) is 6.84. The van der Waals surface area contributed by atoms with Crippen LogP contribution in [0.25, 0.3) is 11.0 Å². The number of hydrogen-bond donors (Lipinski definition) is 1. The fourth-order valence-electron chi connectivity index (χ4n) is 3.46. The van der Waals surface area contributed by atoms with Crippen molar-refractivity contribution in [3.8, 4) is 0 Å². The van der Waals surface area contributed by atoms with Gasteiger partial charge in [-0.2, -0.15) is 0 Å². The van der Waals surface area contributed by atoms with E-state index in [-0.39, 0.29) is 17.9 Å². The van der Waals surface area contributed by atoms with E-state index in [9.17, 15) is 14.0 Å². The minimum absolute atomic E-state index is 0.143. The molecule has 0 amide bonds. The van der Waals surface area contributed by atoms with Gasteiger partial charge in [0.25, 0.3) is 0 Å². The SMILES string of the molecule is CCOC(=O)c1cc(F)cc(C2(n3c(=O)[nH]c4cc(Cl)ccc43)CC2)c1. The number of hydrogen-bond acceptors (Lipinski definition) is 3. The molecule has 1 aliphatic carbocycles. The maximum absolute atomic E-state index is 14.2. The first-order chi connectivity index (χ1) is 12.4. The van der Waals surface area contributed by atoms with Crippen LogP contribution in [0.1, 0.15) is 35.7 Å². The summed E-state index contributed by atoms with van der Waals surface area (Å²) in [7, 11) is 0. The van der Waals surface area contributed by atoms with Gasteiger partial charge in [-0.3, -0.25) is 4.57 Å². The maximum atomic E-state index is 14.2. The average Bonchev–Trinajstić information content (AvgIpc) is 3.32. The zero-order chi connectivity index (χ0) is 18.5. The molecule has 1 heterocycles. The largest absolute Gasteiger partial charge is 0.462 e. The van der Waals surface area contributed by atoms with E-state index in [2.05, 4.69) is 4.98 Å². The van der Waals surface area contributed by atoms with Gasteiger partial charge in [-0.15, -0.1) is 0 Å². The normalized spacial score (nSPS) is 15.2. The Hall–Kier alpha value is -2.60. The summed E-state index contributed by atoms with van der Waals surface area (Å²) in [6.07, 6.45) is 1.35. The quantitative estimate of drug-likeness (QED) is 0.706. The molecule has 0 bridgehead atoms. The molecule has 1 aromatic heterocycles. The van der Waals surface area contributed by atoms with Gasteiger partial charge >= 0.3 is 11.7 Å². The van der Waals surface area contributed by atoms with Crippen molar-refractivity contribution >= 4 is 28.6 Å². The molecule has 1 fully saturated rings. The van der Waals surface area contributed by atoms with E-state index in [1.54, 1.807) is 35.8 Å². The molecule has 1 aliphatic rings. The van der Waals surface area contributed by atoms with Crippen molar-refractivity contribution in [2.24, 2.45) is 0 Å². The van der Waals surface area contributed by atoms with Crippen molar-refractivity contribution < 1.29 is 13.9 Å². The lowest BCUT2D eigenvalue weighted by atomic mass is 10.0. The highest BCUT2D eigenvalue weighted by Crippen LogP contribution is 2.50. The number of H-pyrrole nitrogens is 1. The van der Waals surface area contributed by atoms with Gasteiger partial charge in [0.05, 0.1) is 28.7 Å². The second kappa shape index (κ2) is 5.99. The van der Waals surface area contributed by atoms with Gasteiger partial charge in [-0.05, 0) is 61.7 Å². The molecule has 0 atom stereocenters. The summed E-state index contributed by atoms with van der Waals surface area (Å²) < 4.78 is 20.8. The molecule has 134 valence electrons. The smallest absolute Gasteiger partial charge is 0.338 e. The summed E-state index contributed by atoms with van der Waals surface area (Å²) in [5, 5.41) is 0.520. The lowest BCUT2D eigenvalue weighted by Crippen LogP contribution is -2.29. The van der Waals surface area contributed by atoms with Crippen molar-refractivity contribution in [3.05, 3.63) is 68.8 Å². The Morgan fingerprint density at radius 1 is 1.31 bits per heavy atom. The predicted molar refractivity (Wildman–Crippen MR) is 96.2 cm³/mol. The van der Waals surface area contributed by atoms with Gasteiger partial charge in [-0.25, -0.2) is 14.0 Å². The van der Waals surface area contributed by atoms with E-state index in [1.807, 2.05) is 0 Å². The highest BCUT2D eigenvalue weighted by Gasteiger charge is 2.48. The standard InChI is InChI=1S/C19H16ClFN2O3/c1-2-26-17(24)11-7-12(9-14(21)8-11)19(5-6-19)23-16-4-3-13(20)10-15(16)22-18(23)25/h3-4,7-10H,2,5-6H2,1H3,(H,22,25). The lowest BCUT2D eigenvalue weighted by molar-refractivity contribution is 0.0525. The van der Waals surface area contributed by atoms with E-state index in [0.717, 1.165) is 6.07 Å². The number of carbonyl (C=O) groups excluding carboxylic acids is 1. The molecular formula is C19H16ClFN2O3. The van der Waals surface area contributed by atoms with Crippen molar-refractivity contribution in [3.63, 3.8) is 0 Å². The van der Waals surface area contributed by atoms with E-state index < -0.39 is 17.3 Å². The molecule has 1 saturated carbocycles. The number of nitrogens with one attached hydrogen (secondary N) is 1. The van der Waals surface area contributed by atoms with E-state index >= 15 is 0 Å². The number of ether oxygens (including phenoxy) is 1. The third-order valence-corrected chi connectivity index (χ3v) is 4.98. The monoisotopic (exact) mass is 374 g/mol. The van der Waals surface area contributed by atoms with Crippen LogP contribution in [0.2, 0.25) is 5.02 Å². The van der Waals surface area contributed by atoms with Crippen LogP contribution in [0.5, 0.6) is 0 Å². The number of aromatic nitrogens is 2. The predicted octanol–water partition coefficient (Wildman–Crippen LogP) is 3.84. The summed E-state index contributed by atoms with van der Waals surface area (Å²) in [6, 6.07) is 9.28. The first-order valence-corrected chi connectivity index (χ1v) is 8.71. The molecule has 4 rings (SSSR count). The number of aromatic amines is 1. The molecule has 5 nitrogen and oxygen atoms in total. The van der Waals surface area contributed by atoms with Crippen molar-refractivity contribution in [2.45, 2.75) is 25.3 Å². The van der Waals surface area contributed by atoms with Crippen molar-refractivity contribution in [1.82, 2.24) is 9.55 Å². The van der Waals surface area contributed by atoms with Crippen LogP contribution in [-0.2, 0) is 10.3 Å². The molecule has 26 heavy (non-hydrogen) atoms. The average molecular weight is 375 g/mol. The summed E-state index contributed by atoms with van der Waals surface area (Å²) in [6.45, 7) is 1.90.